The van der Waals surface area contributed by atoms with E-state index in [0.717, 1.165) is 25.9 Å². The zero-order valence-corrected chi connectivity index (χ0v) is 11.9. The molecule has 0 unspecified atom stereocenters. The fourth-order valence-corrected chi connectivity index (χ4v) is 2.45. The Morgan fingerprint density at radius 1 is 1.40 bits per heavy atom. The Bertz CT molecular complexity index is 503. The first-order valence-corrected chi connectivity index (χ1v) is 6.76. The highest BCUT2D eigenvalue weighted by Crippen LogP contribution is 2.16. The molecule has 0 aromatic carbocycles. The van der Waals surface area contributed by atoms with Gasteiger partial charge in [-0.1, -0.05) is 0 Å². The van der Waals surface area contributed by atoms with Gasteiger partial charge in [-0.15, -0.1) is 0 Å². The molecule has 2 heterocycles. The number of carbonyl (C=O) groups is 2. The Labute approximate surface area is 118 Å². The number of hydrogen-bond donors (Lipinski definition) is 1. The van der Waals surface area contributed by atoms with Crippen LogP contribution >= 0.6 is 0 Å². The Kier molecular flexibility index (Phi) is 4.44. The van der Waals surface area contributed by atoms with E-state index < -0.39 is 5.97 Å². The zero-order chi connectivity index (χ0) is 14.7. The highest BCUT2D eigenvalue weighted by Gasteiger charge is 2.20. The lowest BCUT2D eigenvalue weighted by molar-refractivity contribution is -0.131. The minimum absolute atomic E-state index is 0.117. The van der Waals surface area contributed by atoms with Crippen LogP contribution in [-0.4, -0.2) is 53.5 Å². The number of aromatic carboxylic acids is 1. The molecule has 1 aliphatic rings. The lowest BCUT2D eigenvalue weighted by Gasteiger charge is -2.20. The van der Waals surface area contributed by atoms with Gasteiger partial charge >= 0.3 is 5.97 Å². The number of furan rings is 1. The van der Waals surface area contributed by atoms with E-state index in [4.69, 9.17) is 9.52 Å². The van der Waals surface area contributed by atoms with Gasteiger partial charge in [0.2, 0.25) is 5.91 Å². The predicted octanol–water partition coefficient (Wildman–Crippen LogP) is 1.34. The summed E-state index contributed by atoms with van der Waals surface area (Å²) in [7, 11) is 1.83. The molecule has 0 atom stereocenters. The van der Waals surface area contributed by atoms with Crippen LogP contribution in [0.4, 0.5) is 0 Å². The molecule has 6 heteroatoms. The van der Waals surface area contributed by atoms with Crippen LogP contribution in [0.2, 0.25) is 0 Å². The number of aryl methyl sites for hydroxylation is 1. The van der Waals surface area contributed by atoms with Crippen molar-refractivity contribution >= 4 is 11.9 Å². The van der Waals surface area contributed by atoms with Crippen LogP contribution < -0.4 is 0 Å². The van der Waals surface area contributed by atoms with Crippen LogP contribution in [0.25, 0.3) is 0 Å². The Balaban J connectivity index is 1.90. The molecule has 0 bridgehead atoms. The number of carboxylic acids is 1. The maximum atomic E-state index is 12.0. The third-order valence-corrected chi connectivity index (χ3v) is 3.49. The number of likely N-dealkylation sites (tertiary alicyclic amines) is 1. The van der Waals surface area contributed by atoms with E-state index in [9.17, 15) is 9.59 Å². The first kappa shape index (κ1) is 14.6. The van der Waals surface area contributed by atoms with Gasteiger partial charge in [0, 0.05) is 13.1 Å². The summed E-state index contributed by atoms with van der Waals surface area (Å²) in [5.41, 5.74) is 0.180. The minimum Gasteiger partial charge on any atom is -0.478 e. The molecule has 2 rings (SSSR count). The van der Waals surface area contributed by atoms with Gasteiger partial charge < -0.3 is 14.4 Å². The largest absolute Gasteiger partial charge is 0.478 e. The van der Waals surface area contributed by atoms with E-state index in [-0.39, 0.29) is 11.5 Å². The molecule has 0 saturated carbocycles. The zero-order valence-electron chi connectivity index (χ0n) is 11.9. The molecule has 6 nitrogen and oxygen atoms in total. The van der Waals surface area contributed by atoms with Crippen LogP contribution in [0.15, 0.2) is 10.5 Å². The van der Waals surface area contributed by atoms with E-state index in [0.29, 0.717) is 24.6 Å². The number of hydrogen-bond acceptors (Lipinski definition) is 4. The van der Waals surface area contributed by atoms with Crippen molar-refractivity contribution in [2.24, 2.45) is 0 Å². The maximum Gasteiger partial charge on any atom is 0.339 e. The summed E-state index contributed by atoms with van der Waals surface area (Å²) < 4.78 is 5.41. The molecule has 0 aliphatic carbocycles. The number of carbonyl (C=O) groups excluding carboxylic acids is 1. The minimum atomic E-state index is -0.992. The lowest BCUT2D eigenvalue weighted by Crippen LogP contribution is -2.36. The van der Waals surface area contributed by atoms with Gasteiger partial charge in [-0.05, 0) is 32.9 Å². The number of amides is 1. The molecular weight excluding hydrogens is 260 g/mol. The summed E-state index contributed by atoms with van der Waals surface area (Å²) in [6.07, 6.45) is 2.16. The van der Waals surface area contributed by atoms with Crippen LogP contribution in [0.1, 0.15) is 34.7 Å². The van der Waals surface area contributed by atoms with Crippen LogP contribution in [0.5, 0.6) is 0 Å². The quantitative estimate of drug-likeness (QED) is 0.881. The number of likely N-dealkylation sites (N-methyl/N-ethyl adjacent to an activating group) is 1. The van der Waals surface area contributed by atoms with E-state index in [1.807, 2.05) is 16.8 Å². The van der Waals surface area contributed by atoms with Crippen molar-refractivity contribution in [2.45, 2.75) is 26.3 Å². The van der Waals surface area contributed by atoms with Crippen molar-refractivity contribution in [1.82, 2.24) is 9.80 Å². The second-order valence-corrected chi connectivity index (χ2v) is 5.25. The van der Waals surface area contributed by atoms with Crippen molar-refractivity contribution < 1.29 is 19.1 Å². The van der Waals surface area contributed by atoms with Gasteiger partial charge in [0.1, 0.15) is 17.1 Å². The molecule has 0 spiro atoms. The first-order valence-electron chi connectivity index (χ1n) is 6.76. The summed E-state index contributed by atoms with van der Waals surface area (Å²) in [6.45, 7) is 4.06. The lowest BCUT2D eigenvalue weighted by atomic mass is 10.2. The molecule has 1 saturated heterocycles. The van der Waals surface area contributed by atoms with E-state index in [1.54, 1.807) is 6.92 Å². The third-order valence-electron chi connectivity index (χ3n) is 3.49. The van der Waals surface area contributed by atoms with Gasteiger partial charge in [-0.3, -0.25) is 9.69 Å². The topological polar surface area (TPSA) is 74.0 Å². The summed E-state index contributed by atoms with van der Waals surface area (Å²) in [6, 6.07) is 1.52. The van der Waals surface area contributed by atoms with E-state index in [2.05, 4.69) is 0 Å². The molecule has 20 heavy (non-hydrogen) atoms. The van der Waals surface area contributed by atoms with Crippen molar-refractivity contribution in [1.29, 1.82) is 0 Å². The van der Waals surface area contributed by atoms with Gasteiger partial charge in [-0.25, -0.2) is 4.79 Å². The molecule has 1 N–H and O–H groups in total. The third kappa shape index (κ3) is 3.39. The molecule has 1 fully saturated rings. The summed E-state index contributed by atoms with van der Waals surface area (Å²) in [5.74, 6) is 0.0865. The monoisotopic (exact) mass is 280 g/mol. The predicted molar refractivity (Wildman–Crippen MR) is 72.6 cm³/mol. The highest BCUT2D eigenvalue weighted by molar-refractivity contribution is 5.88. The average molecular weight is 280 g/mol. The Morgan fingerprint density at radius 3 is 2.60 bits per heavy atom. The standard InChI is InChI=1S/C14H20N2O4/c1-10-12(14(18)19)7-11(20-10)8-15(2)9-13(17)16-5-3-4-6-16/h7H,3-6,8-9H2,1-2H3,(H,18,19). The molecule has 110 valence electrons. The fourth-order valence-electron chi connectivity index (χ4n) is 2.45. The van der Waals surface area contributed by atoms with Crippen molar-refractivity contribution in [3.8, 4) is 0 Å². The Hall–Kier alpha value is -1.82. The average Bonchev–Trinajstić information content (AvgIpc) is 2.98. The smallest absolute Gasteiger partial charge is 0.339 e. The Morgan fingerprint density at radius 2 is 2.05 bits per heavy atom. The van der Waals surface area contributed by atoms with E-state index >= 15 is 0 Å². The van der Waals surface area contributed by atoms with Crippen LogP contribution in [0, 0.1) is 6.92 Å². The first-order chi connectivity index (χ1) is 9.47. The second-order valence-electron chi connectivity index (χ2n) is 5.25. The van der Waals surface area contributed by atoms with Crippen molar-refractivity contribution in [2.75, 3.05) is 26.7 Å². The van der Waals surface area contributed by atoms with Crippen LogP contribution in [0.3, 0.4) is 0 Å². The summed E-state index contributed by atoms with van der Waals surface area (Å²) in [4.78, 5) is 26.6. The molecular formula is C14H20N2O4. The summed E-state index contributed by atoms with van der Waals surface area (Å²) >= 11 is 0. The molecule has 0 radical (unpaired) electrons. The van der Waals surface area contributed by atoms with E-state index in [1.165, 1.54) is 6.07 Å². The van der Waals surface area contributed by atoms with Gasteiger partial charge in [0.25, 0.3) is 0 Å². The number of rotatable bonds is 5. The number of carboxylic acid groups (broad SMARTS) is 1. The highest BCUT2D eigenvalue weighted by atomic mass is 16.4. The fraction of sp³-hybridized carbons (Fsp3) is 0.571. The SMILES string of the molecule is Cc1oc(CN(C)CC(=O)N2CCCC2)cc1C(=O)O. The molecule has 1 aromatic heterocycles. The van der Waals surface area contributed by atoms with Gasteiger partial charge in [0.05, 0.1) is 13.1 Å². The second kappa shape index (κ2) is 6.09. The summed E-state index contributed by atoms with van der Waals surface area (Å²) in [5, 5.41) is 8.97. The van der Waals surface area contributed by atoms with Crippen LogP contribution in [-0.2, 0) is 11.3 Å². The number of nitrogens with zero attached hydrogens (tertiary/aromatic N) is 2. The molecule has 1 amide bonds. The van der Waals surface area contributed by atoms with Crippen molar-refractivity contribution in [3.05, 3.63) is 23.2 Å². The molecule has 1 aromatic rings. The molecule has 1 aliphatic heterocycles. The van der Waals surface area contributed by atoms with Gasteiger partial charge in [0.15, 0.2) is 0 Å². The normalized spacial score (nSPS) is 15.1. The maximum absolute atomic E-state index is 12.0. The van der Waals surface area contributed by atoms with Gasteiger partial charge in [-0.2, -0.15) is 0 Å². The van der Waals surface area contributed by atoms with Crippen molar-refractivity contribution in [3.63, 3.8) is 0 Å².